The van der Waals surface area contributed by atoms with E-state index in [1.807, 2.05) is 25.7 Å². The average Bonchev–Trinajstić information content (AvgIpc) is 3.14. The fourth-order valence-electron chi connectivity index (χ4n) is 4.01. The summed E-state index contributed by atoms with van der Waals surface area (Å²) < 4.78 is 1.72. The van der Waals surface area contributed by atoms with Gasteiger partial charge in [0, 0.05) is 37.6 Å². The molecule has 6 nitrogen and oxygen atoms in total. The molecule has 2 aliphatic rings. The summed E-state index contributed by atoms with van der Waals surface area (Å²) >= 11 is 3.04. The Balaban J connectivity index is 0.00000132. The van der Waals surface area contributed by atoms with Crippen LogP contribution in [0.3, 0.4) is 0 Å². The first kappa shape index (κ1) is 24.0. The van der Waals surface area contributed by atoms with Gasteiger partial charge in [-0.05, 0) is 45.2 Å². The Kier molecular flexibility index (Phi) is 8.36. The number of fused-ring (bicyclic) bond motifs is 3. The standard InChI is InChI=1S/C21H28N4O2S2.C2H6/c1-14(2)12-25-20(27)18-15-6-4-5-7-16(15)29-19(18)22-21(25)28-13-17(26)24-10-8-23(3)9-11-24;1-2/h1,4-13H2,2-3H3;1-2H3. The van der Waals surface area contributed by atoms with Crippen LogP contribution in [0.2, 0.25) is 0 Å². The second kappa shape index (κ2) is 10.8. The number of carbonyl (C=O) groups is 1. The Hall–Kier alpha value is -1.64. The van der Waals surface area contributed by atoms with Crippen molar-refractivity contribution >= 4 is 39.2 Å². The minimum atomic E-state index is 0.0203. The van der Waals surface area contributed by atoms with Crippen molar-refractivity contribution in [1.29, 1.82) is 0 Å². The SMILES string of the molecule is C=C(C)Cn1c(SCC(=O)N2CCN(C)CC2)nc2sc3c(c2c1=O)CCCC3.CC. The van der Waals surface area contributed by atoms with Gasteiger partial charge in [-0.25, -0.2) is 4.98 Å². The molecule has 1 aliphatic carbocycles. The molecule has 8 heteroatoms. The molecule has 170 valence electrons. The number of rotatable bonds is 5. The molecule has 1 saturated heterocycles. The maximum atomic E-state index is 13.4. The summed E-state index contributed by atoms with van der Waals surface area (Å²) in [7, 11) is 2.08. The lowest BCUT2D eigenvalue weighted by molar-refractivity contribution is -0.129. The van der Waals surface area contributed by atoms with Gasteiger partial charge in [0.2, 0.25) is 5.91 Å². The van der Waals surface area contributed by atoms with Crippen molar-refractivity contribution in [2.24, 2.45) is 0 Å². The predicted octanol–water partition coefficient (Wildman–Crippen LogP) is 3.81. The molecule has 0 unspecified atom stereocenters. The Morgan fingerprint density at radius 2 is 1.84 bits per heavy atom. The van der Waals surface area contributed by atoms with Crippen LogP contribution in [0.25, 0.3) is 10.2 Å². The normalized spacial score (nSPS) is 16.6. The summed E-state index contributed by atoms with van der Waals surface area (Å²) in [6, 6.07) is 0. The third-order valence-corrected chi connectivity index (χ3v) is 7.80. The van der Waals surface area contributed by atoms with Gasteiger partial charge >= 0.3 is 0 Å². The van der Waals surface area contributed by atoms with Crippen molar-refractivity contribution < 1.29 is 4.79 Å². The molecule has 0 aromatic carbocycles. The molecular weight excluding hydrogens is 428 g/mol. The number of likely N-dealkylation sites (N-methyl/N-ethyl adjacent to an activating group) is 1. The van der Waals surface area contributed by atoms with Crippen molar-refractivity contribution in [3.8, 4) is 0 Å². The molecular formula is C23H34N4O2S2. The lowest BCUT2D eigenvalue weighted by atomic mass is 9.97. The average molecular weight is 463 g/mol. The third kappa shape index (κ3) is 5.41. The number of thioether (sulfide) groups is 1. The van der Waals surface area contributed by atoms with Crippen molar-refractivity contribution in [1.82, 2.24) is 19.4 Å². The van der Waals surface area contributed by atoms with Crippen LogP contribution in [0.15, 0.2) is 22.1 Å². The van der Waals surface area contributed by atoms with E-state index in [1.54, 1.807) is 15.9 Å². The maximum absolute atomic E-state index is 13.4. The number of piperazine rings is 1. The molecule has 3 heterocycles. The highest BCUT2D eigenvalue weighted by molar-refractivity contribution is 7.99. The Labute approximate surface area is 193 Å². The quantitative estimate of drug-likeness (QED) is 0.384. The monoisotopic (exact) mass is 462 g/mol. The summed E-state index contributed by atoms with van der Waals surface area (Å²) in [4.78, 5) is 37.2. The van der Waals surface area contributed by atoms with Crippen LogP contribution >= 0.6 is 23.1 Å². The van der Waals surface area contributed by atoms with Crippen LogP contribution in [0.1, 0.15) is 44.1 Å². The topological polar surface area (TPSA) is 58.4 Å². The van der Waals surface area contributed by atoms with Gasteiger partial charge in [0.1, 0.15) is 4.83 Å². The molecule has 0 spiro atoms. The minimum absolute atomic E-state index is 0.0203. The van der Waals surface area contributed by atoms with Gasteiger partial charge in [-0.3, -0.25) is 14.2 Å². The zero-order valence-corrected chi connectivity index (χ0v) is 20.8. The minimum Gasteiger partial charge on any atom is -0.339 e. The van der Waals surface area contributed by atoms with E-state index >= 15 is 0 Å². The highest BCUT2D eigenvalue weighted by Gasteiger charge is 2.24. The number of aromatic nitrogens is 2. The summed E-state index contributed by atoms with van der Waals surface area (Å²) in [5, 5.41) is 1.42. The molecule has 1 amide bonds. The van der Waals surface area contributed by atoms with Crippen LogP contribution in [-0.2, 0) is 24.2 Å². The number of hydrogen-bond donors (Lipinski definition) is 0. The Morgan fingerprint density at radius 3 is 2.52 bits per heavy atom. The second-order valence-corrected chi connectivity index (χ2v) is 10.1. The van der Waals surface area contributed by atoms with E-state index in [1.165, 1.54) is 28.6 Å². The molecule has 1 aliphatic heterocycles. The van der Waals surface area contributed by atoms with E-state index in [9.17, 15) is 9.59 Å². The van der Waals surface area contributed by atoms with Gasteiger partial charge in [-0.1, -0.05) is 37.8 Å². The molecule has 31 heavy (non-hydrogen) atoms. The van der Waals surface area contributed by atoms with Gasteiger partial charge < -0.3 is 9.80 Å². The molecule has 0 bridgehead atoms. The van der Waals surface area contributed by atoms with Gasteiger partial charge in [0.25, 0.3) is 5.56 Å². The van der Waals surface area contributed by atoms with Crippen LogP contribution in [-0.4, -0.2) is 64.2 Å². The smallest absolute Gasteiger partial charge is 0.263 e. The number of hydrogen-bond acceptors (Lipinski definition) is 6. The van der Waals surface area contributed by atoms with E-state index in [4.69, 9.17) is 4.98 Å². The predicted molar refractivity (Wildman–Crippen MR) is 131 cm³/mol. The Morgan fingerprint density at radius 1 is 1.16 bits per heavy atom. The summed E-state index contributed by atoms with van der Waals surface area (Å²) in [5.74, 6) is 0.424. The largest absolute Gasteiger partial charge is 0.339 e. The molecule has 0 radical (unpaired) electrons. The number of carbonyl (C=O) groups excluding carboxylic acids is 1. The molecule has 0 N–H and O–H groups in total. The van der Waals surface area contributed by atoms with E-state index < -0.39 is 0 Å². The lowest BCUT2D eigenvalue weighted by Crippen LogP contribution is -2.47. The van der Waals surface area contributed by atoms with Gasteiger partial charge in [-0.2, -0.15) is 0 Å². The van der Waals surface area contributed by atoms with Crippen molar-refractivity contribution in [3.05, 3.63) is 32.9 Å². The lowest BCUT2D eigenvalue weighted by Gasteiger charge is -2.32. The fraction of sp³-hybridized carbons (Fsp3) is 0.609. The molecule has 0 saturated carbocycles. The number of allylic oxidation sites excluding steroid dienone is 1. The Bertz CT molecular complexity index is 1000. The first-order valence-corrected chi connectivity index (χ1v) is 13.0. The second-order valence-electron chi connectivity index (χ2n) is 8.11. The fourth-order valence-corrected chi connectivity index (χ4v) is 6.22. The molecule has 0 atom stereocenters. The number of thiophene rings is 1. The zero-order valence-electron chi connectivity index (χ0n) is 19.2. The van der Waals surface area contributed by atoms with Crippen molar-refractivity contribution in [3.63, 3.8) is 0 Å². The first-order valence-electron chi connectivity index (χ1n) is 11.2. The number of nitrogens with zero attached hydrogens (tertiary/aromatic N) is 4. The molecule has 2 aromatic rings. The van der Waals surface area contributed by atoms with Gasteiger partial charge in [-0.15, -0.1) is 11.3 Å². The third-order valence-electron chi connectivity index (χ3n) is 5.65. The molecule has 2 aromatic heterocycles. The summed E-state index contributed by atoms with van der Waals surface area (Å²) in [5.41, 5.74) is 2.13. The van der Waals surface area contributed by atoms with Crippen LogP contribution in [0.4, 0.5) is 0 Å². The van der Waals surface area contributed by atoms with E-state index in [0.717, 1.165) is 61.2 Å². The highest BCUT2D eigenvalue weighted by Crippen LogP contribution is 2.34. The van der Waals surface area contributed by atoms with Gasteiger partial charge in [0.15, 0.2) is 5.16 Å². The van der Waals surface area contributed by atoms with Crippen LogP contribution < -0.4 is 5.56 Å². The van der Waals surface area contributed by atoms with E-state index in [-0.39, 0.29) is 11.5 Å². The number of amides is 1. The van der Waals surface area contributed by atoms with Crippen molar-refractivity contribution in [2.45, 2.75) is 58.2 Å². The molecule has 1 fully saturated rings. The summed E-state index contributed by atoms with van der Waals surface area (Å²) in [6.07, 6.45) is 4.32. The van der Waals surface area contributed by atoms with E-state index in [0.29, 0.717) is 17.5 Å². The molecule has 4 rings (SSSR count). The maximum Gasteiger partial charge on any atom is 0.263 e. The van der Waals surface area contributed by atoms with Crippen LogP contribution in [0, 0.1) is 0 Å². The van der Waals surface area contributed by atoms with Gasteiger partial charge in [0.05, 0.1) is 11.1 Å². The van der Waals surface area contributed by atoms with Crippen LogP contribution in [0.5, 0.6) is 0 Å². The van der Waals surface area contributed by atoms with E-state index in [2.05, 4.69) is 18.5 Å². The zero-order chi connectivity index (χ0) is 22.5. The summed E-state index contributed by atoms with van der Waals surface area (Å²) in [6.45, 7) is 13.7. The van der Waals surface area contributed by atoms with Crippen molar-refractivity contribution in [2.75, 3.05) is 39.0 Å². The first-order chi connectivity index (χ1) is 14.9. The highest BCUT2D eigenvalue weighted by atomic mass is 32.2. The number of aryl methyl sites for hydroxylation is 2.